The van der Waals surface area contributed by atoms with Gasteiger partial charge in [-0.3, -0.25) is 0 Å². The first-order chi connectivity index (χ1) is 28.0. The molecule has 8 aromatic rings. The van der Waals surface area contributed by atoms with E-state index in [1.807, 2.05) is 0 Å². The van der Waals surface area contributed by atoms with Crippen molar-refractivity contribution >= 4 is 40.2 Å². The van der Waals surface area contributed by atoms with Gasteiger partial charge in [-0.2, -0.15) is 0 Å². The highest BCUT2D eigenvalue weighted by Gasteiger charge is 2.37. The maximum Gasteiger partial charge on any atom is 0.0536 e. The van der Waals surface area contributed by atoms with E-state index in [0.717, 1.165) is 41.3 Å². The Hall–Kier alpha value is -6.90. The average molecular weight is 733 g/mol. The van der Waals surface area contributed by atoms with Crippen LogP contribution in [0.4, 0.5) is 34.1 Å². The van der Waals surface area contributed by atoms with Crippen molar-refractivity contribution in [1.29, 1.82) is 0 Å². The van der Waals surface area contributed by atoms with Gasteiger partial charge in [0.2, 0.25) is 0 Å². The lowest BCUT2D eigenvalue weighted by atomic mass is 9.82. The maximum absolute atomic E-state index is 2.47. The Bertz CT molecular complexity index is 2690. The molecule has 0 heterocycles. The number of benzene rings is 8. The molecule has 2 heteroatoms. The van der Waals surface area contributed by atoms with Crippen molar-refractivity contribution in [1.82, 2.24) is 0 Å². The molecule has 0 radical (unpaired) electrons. The Morgan fingerprint density at radius 2 is 0.860 bits per heavy atom. The van der Waals surface area contributed by atoms with Gasteiger partial charge in [-0.15, -0.1) is 0 Å². The molecule has 10 rings (SSSR count). The number of allylic oxidation sites excluding steroid dienone is 1. The smallest absolute Gasteiger partial charge is 0.0536 e. The minimum absolute atomic E-state index is 0.215. The van der Waals surface area contributed by atoms with E-state index in [-0.39, 0.29) is 5.41 Å². The molecule has 0 bridgehead atoms. The highest BCUT2D eigenvalue weighted by molar-refractivity contribution is 5.90. The molecule has 274 valence electrons. The summed E-state index contributed by atoms with van der Waals surface area (Å²) >= 11 is 0. The van der Waals surface area contributed by atoms with E-state index in [0.29, 0.717) is 0 Å². The van der Waals surface area contributed by atoms with Gasteiger partial charge in [0.05, 0.1) is 5.69 Å². The molecule has 0 saturated carbocycles. The summed E-state index contributed by atoms with van der Waals surface area (Å²) in [5.74, 6) is 0. The number of nitrogens with zero attached hydrogens (tertiary/aromatic N) is 2. The molecule has 0 fully saturated rings. The zero-order valence-corrected chi connectivity index (χ0v) is 32.4. The fraction of sp³-hybridized carbons (Fsp3) is 0.0909. The molecule has 57 heavy (non-hydrogen) atoms. The molecular weight excluding hydrogens is 689 g/mol. The van der Waals surface area contributed by atoms with Crippen molar-refractivity contribution in [2.75, 3.05) is 9.80 Å². The largest absolute Gasteiger partial charge is 0.310 e. The van der Waals surface area contributed by atoms with E-state index in [9.17, 15) is 0 Å². The van der Waals surface area contributed by atoms with Crippen LogP contribution in [0, 0.1) is 0 Å². The molecular formula is C55H44N2. The predicted molar refractivity (Wildman–Crippen MR) is 242 cm³/mol. The number of fused-ring (bicyclic) bond motifs is 4. The van der Waals surface area contributed by atoms with Gasteiger partial charge in [-0.25, -0.2) is 0 Å². The standard InChI is InChI=1S/C55H44N2/c1-55(2)52-37-47(56(44-19-8-4-9-20-44)45-21-10-5-11-22-45)33-35-50(52)51-36-34-48(38-53(51)55)57(54-24-14-18-43-17-12-13-23-49(43)54)46-31-29-42(30-32-46)41-27-25-40(26-28-41)39-15-6-3-7-16-39/h3-11,13-16,18-38H,12,17H2,1-2H3. The van der Waals surface area contributed by atoms with Crippen LogP contribution < -0.4 is 9.80 Å². The molecule has 0 unspecified atom stereocenters. The van der Waals surface area contributed by atoms with Crippen LogP contribution in [0.5, 0.6) is 0 Å². The zero-order chi connectivity index (χ0) is 38.3. The van der Waals surface area contributed by atoms with Crippen molar-refractivity contribution in [3.63, 3.8) is 0 Å². The third-order valence-electron chi connectivity index (χ3n) is 11.9. The number of anilines is 6. The average Bonchev–Trinajstić information content (AvgIpc) is 3.50. The Morgan fingerprint density at radius 3 is 1.42 bits per heavy atom. The van der Waals surface area contributed by atoms with Crippen LogP contribution in [0.2, 0.25) is 0 Å². The van der Waals surface area contributed by atoms with Crippen LogP contribution in [0.3, 0.4) is 0 Å². The summed E-state index contributed by atoms with van der Waals surface area (Å²) in [5.41, 5.74) is 19.6. The lowest BCUT2D eigenvalue weighted by Crippen LogP contribution is -2.18. The fourth-order valence-electron chi connectivity index (χ4n) is 8.95. The second kappa shape index (κ2) is 14.3. The number of aryl methyl sites for hydroxylation is 1. The SMILES string of the molecule is CC1(C)c2cc(N(c3ccccc3)c3ccccc3)ccc2-c2ccc(N(c3ccc(-c4ccc(-c5ccccc5)cc4)cc3)c3cccc4c3C=CCC4)cc21. The van der Waals surface area contributed by atoms with Gasteiger partial charge >= 0.3 is 0 Å². The van der Waals surface area contributed by atoms with Crippen molar-refractivity contribution in [2.45, 2.75) is 32.1 Å². The number of hydrogen-bond donors (Lipinski definition) is 0. The molecule has 0 aliphatic heterocycles. The van der Waals surface area contributed by atoms with Crippen LogP contribution in [-0.2, 0) is 11.8 Å². The molecule has 0 amide bonds. The van der Waals surface area contributed by atoms with Gasteiger partial charge in [0, 0.05) is 39.4 Å². The van der Waals surface area contributed by atoms with E-state index < -0.39 is 0 Å². The number of para-hydroxylation sites is 2. The molecule has 0 aromatic heterocycles. The first-order valence-corrected chi connectivity index (χ1v) is 20.1. The predicted octanol–water partition coefficient (Wildman–Crippen LogP) is 15.2. The van der Waals surface area contributed by atoms with Gasteiger partial charge in [0.25, 0.3) is 0 Å². The highest BCUT2D eigenvalue weighted by atomic mass is 15.1. The third-order valence-corrected chi connectivity index (χ3v) is 11.9. The van der Waals surface area contributed by atoms with Gasteiger partial charge in [0.1, 0.15) is 0 Å². The summed E-state index contributed by atoms with van der Waals surface area (Å²) in [5, 5.41) is 0. The van der Waals surface area contributed by atoms with Gasteiger partial charge in [-0.05, 0) is 130 Å². The summed E-state index contributed by atoms with van der Waals surface area (Å²) < 4.78 is 0. The molecule has 2 aliphatic carbocycles. The van der Waals surface area contributed by atoms with Crippen LogP contribution in [0.25, 0.3) is 39.5 Å². The van der Waals surface area contributed by atoms with Gasteiger partial charge in [-0.1, -0.05) is 153 Å². The van der Waals surface area contributed by atoms with Crippen molar-refractivity contribution < 1.29 is 0 Å². The lowest BCUT2D eigenvalue weighted by molar-refractivity contribution is 0.660. The molecule has 0 N–H and O–H groups in total. The summed E-state index contributed by atoms with van der Waals surface area (Å²) in [6, 6.07) is 70.9. The fourth-order valence-corrected chi connectivity index (χ4v) is 8.95. The van der Waals surface area contributed by atoms with E-state index in [1.54, 1.807) is 0 Å². The van der Waals surface area contributed by atoms with Crippen LogP contribution in [0.15, 0.2) is 200 Å². The molecule has 0 atom stereocenters. The summed E-state index contributed by atoms with van der Waals surface area (Å²) in [6.07, 6.45) is 6.78. The maximum atomic E-state index is 2.47. The van der Waals surface area contributed by atoms with E-state index in [4.69, 9.17) is 0 Å². The van der Waals surface area contributed by atoms with Crippen molar-refractivity contribution in [3.8, 4) is 33.4 Å². The number of hydrogen-bond acceptors (Lipinski definition) is 2. The molecule has 2 aliphatic rings. The monoisotopic (exact) mass is 732 g/mol. The minimum atomic E-state index is -0.215. The lowest BCUT2D eigenvalue weighted by Gasteiger charge is -2.31. The molecule has 2 nitrogen and oxygen atoms in total. The van der Waals surface area contributed by atoms with Crippen LogP contribution in [0.1, 0.15) is 42.5 Å². The number of rotatable bonds is 8. The first kappa shape index (κ1) is 34.6. The summed E-state index contributed by atoms with van der Waals surface area (Å²) in [7, 11) is 0. The van der Waals surface area contributed by atoms with Crippen LogP contribution in [-0.4, -0.2) is 0 Å². The summed E-state index contributed by atoms with van der Waals surface area (Å²) in [4.78, 5) is 4.83. The normalized spacial score (nSPS) is 13.4. The zero-order valence-electron chi connectivity index (χ0n) is 32.4. The van der Waals surface area contributed by atoms with Crippen molar-refractivity contribution in [3.05, 3.63) is 222 Å². The van der Waals surface area contributed by atoms with E-state index in [2.05, 4.69) is 230 Å². The van der Waals surface area contributed by atoms with E-state index in [1.165, 1.54) is 61.3 Å². The molecule has 8 aromatic carbocycles. The molecule has 0 spiro atoms. The van der Waals surface area contributed by atoms with Crippen LogP contribution >= 0.6 is 0 Å². The third kappa shape index (κ3) is 6.24. The van der Waals surface area contributed by atoms with Gasteiger partial charge < -0.3 is 9.80 Å². The highest BCUT2D eigenvalue weighted by Crippen LogP contribution is 2.53. The minimum Gasteiger partial charge on any atom is -0.310 e. The van der Waals surface area contributed by atoms with E-state index >= 15 is 0 Å². The second-order valence-corrected chi connectivity index (χ2v) is 15.7. The quantitative estimate of drug-likeness (QED) is 0.153. The Labute approximate surface area is 336 Å². The van der Waals surface area contributed by atoms with Gasteiger partial charge in [0.15, 0.2) is 0 Å². The Morgan fingerprint density at radius 1 is 0.404 bits per heavy atom. The first-order valence-electron chi connectivity index (χ1n) is 20.1. The topological polar surface area (TPSA) is 6.48 Å². The summed E-state index contributed by atoms with van der Waals surface area (Å²) in [6.45, 7) is 4.77. The Kier molecular flexibility index (Phi) is 8.68. The van der Waals surface area contributed by atoms with Crippen molar-refractivity contribution in [2.24, 2.45) is 0 Å². The molecule has 0 saturated heterocycles. The Balaban J connectivity index is 1.04. The second-order valence-electron chi connectivity index (χ2n) is 15.7.